The van der Waals surface area contributed by atoms with Gasteiger partial charge in [0.25, 0.3) is 5.91 Å². The van der Waals surface area contributed by atoms with Gasteiger partial charge in [-0.15, -0.1) is 0 Å². The van der Waals surface area contributed by atoms with Crippen molar-refractivity contribution in [2.45, 2.75) is 31.8 Å². The molecule has 1 amide bonds. The predicted molar refractivity (Wildman–Crippen MR) is 92.6 cm³/mol. The number of nitrogens with zero attached hydrogens (tertiary/aromatic N) is 1. The van der Waals surface area contributed by atoms with Gasteiger partial charge < -0.3 is 10.6 Å². The van der Waals surface area contributed by atoms with E-state index in [4.69, 9.17) is 11.6 Å². The molecule has 2 heterocycles. The van der Waals surface area contributed by atoms with Crippen LogP contribution in [0.4, 0.5) is 0 Å². The van der Waals surface area contributed by atoms with Gasteiger partial charge in [0, 0.05) is 35.1 Å². The summed E-state index contributed by atoms with van der Waals surface area (Å²) in [6.45, 7) is 3.08. The van der Waals surface area contributed by atoms with Crippen LogP contribution in [0.5, 0.6) is 0 Å². The average molecular weight is 330 g/mol. The van der Waals surface area contributed by atoms with Crippen LogP contribution < -0.4 is 10.6 Å². The van der Waals surface area contributed by atoms with Crippen LogP contribution in [-0.2, 0) is 0 Å². The Bertz CT molecular complexity index is 687. The van der Waals surface area contributed by atoms with E-state index in [1.807, 2.05) is 30.3 Å². The fourth-order valence-corrected chi connectivity index (χ4v) is 3.02. The van der Waals surface area contributed by atoms with Crippen molar-refractivity contribution >= 4 is 17.5 Å². The summed E-state index contributed by atoms with van der Waals surface area (Å²) in [7, 11) is 0. The Morgan fingerprint density at radius 1 is 1.26 bits per heavy atom. The van der Waals surface area contributed by atoms with Crippen LogP contribution in [-0.4, -0.2) is 29.5 Å². The van der Waals surface area contributed by atoms with E-state index >= 15 is 0 Å². The molecule has 1 saturated heterocycles. The molecule has 23 heavy (non-hydrogen) atoms. The molecule has 5 heteroatoms. The highest BCUT2D eigenvalue weighted by molar-refractivity contribution is 6.30. The van der Waals surface area contributed by atoms with Crippen molar-refractivity contribution in [3.05, 3.63) is 53.3 Å². The van der Waals surface area contributed by atoms with Gasteiger partial charge in [-0.3, -0.25) is 9.78 Å². The maximum atomic E-state index is 12.5. The van der Waals surface area contributed by atoms with Gasteiger partial charge in [0.05, 0.1) is 5.56 Å². The molecule has 0 saturated carbocycles. The smallest absolute Gasteiger partial charge is 0.253 e. The largest absolute Gasteiger partial charge is 0.349 e. The van der Waals surface area contributed by atoms with Gasteiger partial charge >= 0.3 is 0 Å². The normalized spacial score (nSPS) is 21.0. The second kappa shape index (κ2) is 7.11. The predicted octanol–water partition coefficient (Wildman–Crippen LogP) is 3.27. The summed E-state index contributed by atoms with van der Waals surface area (Å²) in [6, 6.07) is 10.0. The van der Waals surface area contributed by atoms with E-state index in [1.54, 1.807) is 12.4 Å². The standard InChI is InChI=1S/C18H20ClN3O/c1-12-8-17(6-7-21-12)22-18(23)15-9-14(10-20-11-15)13-2-4-16(19)5-3-13/h2-5,9-12,17,21H,6-8H2,1H3,(H,22,23). The van der Waals surface area contributed by atoms with Crippen LogP contribution in [0.2, 0.25) is 5.02 Å². The monoisotopic (exact) mass is 329 g/mol. The lowest BCUT2D eigenvalue weighted by Crippen LogP contribution is -2.46. The lowest BCUT2D eigenvalue weighted by atomic mass is 10.00. The third kappa shape index (κ3) is 4.09. The van der Waals surface area contributed by atoms with E-state index in [9.17, 15) is 4.79 Å². The number of benzene rings is 1. The topological polar surface area (TPSA) is 54.0 Å². The Hall–Kier alpha value is -1.91. The van der Waals surface area contributed by atoms with Gasteiger partial charge in [-0.2, -0.15) is 0 Å². The molecule has 0 spiro atoms. The van der Waals surface area contributed by atoms with Gasteiger partial charge in [0.2, 0.25) is 0 Å². The van der Waals surface area contributed by atoms with Crippen LogP contribution in [0, 0.1) is 0 Å². The van der Waals surface area contributed by atoms with Gasteiger partial charge in [-0.25, -0.2) is 0 Å². The molecule has 0 radical (unpaired) electrons. The summed E-state index contributed by atoms with van der Waals surface area (Å²) in [5, 5.41) is 7.19. The summed E-state index contributed by atoms with van der Waals surface area (Å²) >= 11 is 5.92. The first kappa shape index (κ1) is 16.0. The zero-order chi connectivity index (χ0) is 16.2. The molecule has 1 aliphatic rings. The number of nitrogens with one attached hydrogen (secondary N) is 2. The van der Waals surface area contributed by atoms with Gasteiger partial charge in [-0.1, -0.05) is 23.7 Å². The average Bonchev–Trinajstić information content (AvgIpc) is 2.56. The Kier molecular flexibility index (Phi) is 4.94. The van der Waals surface area contributed by atoms with Crippen molar-refractivity contribution in [1.29, 1.82) is 0 Å². The Morgan fingerprint density at radius 2 is 2.04 bits per heavy atom. The van der Waals surface area contributed by atoms with E-state index in [0.717, 1.165) is 30.5 Å². The summed E-state index contributed by atoms with van der Waals surface area (Å²) < 4.78 is 0. The molecule has 1 aromatic heterocycles. The fourth-order valence-electron chi connectivity index (χ4n) is 2.90. The first-order valence-electron chi connectivity index (χ1n) is 7.87. The van der Waals surface area contributed by atoms with E-state index in [1.165, 1.54) is 0 Å². The number of carbonyl (C=O) groups is 1. The minimum absolute atomic E-state index is 0.0626. The highest BCUT2D eigenvalue weighted by Crippen LogP contribution is 2.21. The molecular weight excluding hydrogens is 310 g/mol. The van der Waals surface area contributed by atoms with E-state index < -0.39 is 0 Å². The van der Waals surface area contributed by atoms with Crippen LogP contribution in [0.3, 0.4) is 0 Å². The molecule has 0 bridgehead atoms. The molecule has 0 aliphatic carbocycles. The van der Waals surface area contributed by atoms with Crippen molar-refractivity contribution in [3.63, 3.8) is 0 Å². The number of carbonyl (C=O) groups excluding carboxylic acids is 1. The number of pyridine rings is 1. The molecule has 2 aromatic rings. The molecule has 120 valence electrons. The maximum Gasteiger partial charge on any atom is 0.253 e. The molecule has 2 N–H and O–H groups in total. The van der Waals surface area contributed by atoms with Crippen molar-refractivity contribution in [1.82, 2.24) is 15.6 Å². The number of rotatable bonds is 3. The maximum absolute atomic E-state index is 12.5. The summed E-state index contributed by atoms with van der Waals surface area (Å²) in [5.41, 5.74) is 2.49. The summed E-state index contributed by atoms with van der Waals surface area (Å²) in [4.78, 5) is 16.7. The van der Waals surface area contributed by atoms with E-state index in [2.05, 4.69) is 22.5 Å². The molecule has 4 nitrogen and oxygen atoms in total. The van der Waals surface area contributed by atoms with Crippen molar-refractivity contribution < 1.29 is 4.79 Å². The quantitative estimate of drug-likeness (QED) is 0.908. The summed E-state index contributed by atoms with van der Waals surface area (Å²) in [6.07, 6.45) is 5.28. The summed E-state index contributed by atoms with van der Waals surface area (Å²) in [5.74, 6) is -0.0626. The number of hydrogen-bond donors (Lipinski definition) is 2. The zero-order valence-corrected chi connectivity index (χ0v) is 13.8. The number of aromatic nitrogens is 1. The first-order valence-corrected chi connectivity index (χ1v) is 8.25. The SMILES string of the molecule is CC1CC(NC(=O)c2cncc(-c3ccc(Cl)cc3)c2)CCN1. The highest BCUT2D eigenvalue weighted by atomic mass is 35.5. The second-order valence-corrected chi connectivity index (χ2v) is 6.46. The third-order valence-electron chi connectivity index (χ3n) is 4.14. The van der Waals surface area contributed by atoms with Gasteiger partial charge in [0.1, 0.15) is 0 Å². The lowest BCUT2D eigenvalue weighted by molar-refractivity contribution is 0.0925. The van der Waals surface area contributed by atoms with Crippen LogP contribution >= 0.6 is 11.6 Å². The fraction of sp³-hybridized carbons (Fsp3) is 0.333. The molecule has 1 fully saturated rings. The molecule has 1 aromatic carbocycles. The molecule has 2 atom stereocenters. The van der Waals surface area contributed by atoms with Crippen LogP contribution in [0.25, 0.3) is 11.1 Å². The first-order chi connectivity index (χ1) is 11.1. The minimum atomic E-state index is -0.0626. The van der Waals surface area contributed by atoms with Crippen LogP contribution in [0.15, 0.2) is 42.7 Å². The molecular formula is C18H20ClN3O. The van der Waals surface area contributed by atoms with E-state index in [0.29, 0.717) is 16.6 Å². The second-order valence-electron chi connectivity index (χ2n) is 6.02. The number of halogens is 1. The molecule has 2 unspecified atom stereocenters. The Morgan fingerprint density at radius 3 is 2.78 bits per heavy atom. The van der Waals surface area contributed by atoms with Crippen molar-refractivity contribution in [2.75, 3.05) is 6.54 Å². The van der Waals surface area contributed by atoms with Crippen molar-refractivity contribution in [2.24, 2.45) is 0 Å². The Balaban J connectivity index is 1.73. The highest BCUT2D eigenvalue weighted by Gasteiger charge is 2.20. The molecule has 3 rings (SSSR count). The lowest BCUT2D eigenvalue weighted by Gasteiger charge is -2.28. The van der Waals surface area contributed by atoms with E-state index in [-0.39, 0.29) is 11.9 Å². The third-order valence-corrected chi connectivity index (χ3v) is 4.39. The molecule has 1 aliphatic heterocycles. The van der Waals surface area contributed by atoms with Gasteiger partial charge in [0.15, 0.2) is 0 Å². The Labute approximate surface area is 141 Å². The zero-order valence-electron chi connectivity index (χ0n) is 13.1. The van der Waals surface area contributed by atoms with Crippen molar-refractivity contribution in [3.8, 4) is 11.1 Å². The number of piperidine rings is 1. The van der Waals surface area contributed by atoms with Crippen LogP contribution in [0.1, 0.15) is 30.1 Å². The number of hydrogen-bond acceptors (Lipinski definition) is 3. The minimum Gasteiger partial charge on any atom is -0.349 e. The van der Waals surface area contributed by atoms with Gasteiger partial charge in [-0.05, 0) is 50.1 Å². The number of amides is 1.